The fourth-order valence-electron chi connectivity index (χ4n) is 7.81. The topological polar surface area (TPSA) is 249 Å². The number of phenolic OH excluding ortho intramolecular Hbond substituents is 4. The summed E-state index contributed by atoms with van der Waals surface area (Å²) < 4.78 is 10.6. The van der Waals surface area contributed by atoms with E-state index in [9.17, 15) is 60.0 Å². The number of ketones is 2. The Balaban J connectivity index is 1.57. The van der Waals surface area contributed by atoms with E-state index in [0.717, 1.165) is 12.2 Å². The normalized spacial score (nSPS) is 23.3. The van der Waals surface area contributed by atoms with Crippen molar-refractivity contribution < 1.29 is 69.5 Å². The number of carbonyl (C=O) groups is 4. The number of rotatable bonds is 7. The lowest BCUT2D eigenvalue weighted by Gasteiger charge is -2.39. The number of ether oxygens (including phenoxy) is 2. The molecule has 0 unspecified atom stereocenters. The quantitative estimate of drug-likeness (QED) is 0.0966. The first kappa shape index (κ1) is 35.7. The van der Waals surface area contributed by atoms with Gasteiger partial charge in [0, 0.05) is 24.0 Å². The van der Waals surface area contributed by atoms with Crippen LogP contribution in [0.4, 0.5) is 0 Å². The van der Waals surface area contributed by atoms with Crippen LogP contribution in [0, 0.1) is 0 Å². The van der Waals surface area contributed by atoms with Crippen LogP contribution < -0.4 is 0 Å². The van der Waals surface area contributed by atoms with Crippen molar-refractivity contribution in [3.8, 4) is 34.1 Å². The highest BCUT2D eigenvalue weighted by molar-refractivity contribution is 6.13. The van der Waals surface area contributed by atoms with Crippen LogP contribution in [-0.2, 0) is 19.1 Å². The van der Waals surface area contributed by atoms with E-state index in [1.807, 2.05) is 0 Å². The van der Waals surface area contributed by atoms with Gasteiger partial charge >= 0.3 is 11.9 Å². The molecule has 14 nitrogen and oxygen atoms in total. The molecule has 0 aromatic heterocycles. The zero-order valence-corrected chi connectivity index (χ0v) is 28.2. The minimum absolute atomic E-state index is 0.0485. The number of carbonyl (C=O) groups excluding carboxylic acids is 2. The second kappa shape index (κ2) is 12.3. The number of hydrogen-bond acceptors (Lipinski definition) is 12. The number of phenols is 4. The van der Waals surface area contributed by atoms with Crippen molar-refractivity contribution in [3.05, 3.63) is 82.3 Å². The monoisotopic (exact) mass is 714 g/mol. The number of methoxy groups -OCH3 is 2. The zero-order chi connectivity index (χ0) is 38.2. The van der Waals surface area contributed by atoms with Gasteiger partial charge < -0.3 is 50.3 Å². The molecule has 8 N–H and O–H groups in total. The van der Waals surface area contributed by atoms with Gasteiger partial charge in [-0.1, -0.05) is 12.1 Å². The number of carboxylic acids is 2. The van der Waals surface area contributed by atoms with Gasteiger partial charge in [-0.25, -0.2) is 9.59 Å². The summed E-state index contributed by atoms with van der Waals surface area (Å²) in [6.07, 6.45) is 0.447. The molecule has 0 aliphatic heterocycles. The maximum atomic E-state index is 13.3. The van der Waals surface area contributed by atoms with E-state index < -0.39 is 82.4 Å². The van der Waals surface area contributed by atoms with Crippen molar-refractivity contribution in [3.63, 3.8) is 0 Å². The Bertz CT molecular complexity index is 2160. The zero-order valence-electron chi connectivity index (χ0n) is 28.2. The van der Waals surface area contributed by atoms with Gasteiger partial charge in [-0.15, -0.1) is 0 Å². The number of hydrogen-bond donors (Lipinski definition) is 8. The van der Waals surface area contributed by atoms with E-state index in [1.165, 1.54) is 64.5 Å². The molecule has 2 aliphatic rings. The van der Waals surface area contributed by atoms with Crippen molar-refractivity contribution >= 4 is 45.0 Å². The molecular formula is C38H34O14. The molecule has 0 bridgehead atoms. The van der Waals surface area contributed by atoms with E-state index in [0.29, 0.717) is 0 Å². The molecule has 0 saturated carbocycles. The fourth-order valence-corrected chi connectivity index (χ4v) is 7.81. The van der Waals surface area contributed by atoms with Gasteiger partial charge in [0.15, 0.2) is 11.6 Å². The second-order valence-corrected chi connectivity index (χ2v) is 13.5. The smallest absolute Gasteiger partial charge is 0.331 e. The Morgan fingerprint density at radius 3 is 1.31 bits per heavy atom. The van der Waals surface area contributed by atoms with E-state index in [4.69, 9.17) is 9.47 Å². The molecule has 0 amide bonds. The van der Waals surface area contributed by atoms with Crippen LogP contribution in [0.25, 0.3) is 32.7 Å². The third-order valence-electron chi connectivity index (χ3n) is 9.89. The van der Waals surface area contributed by atoms with Crippen molar-refractivity contribution in [2.24, 2.45) is 0 Å². The first-order valence-electron chi connectivity index (χ1n) is 15.9. The Morgan fingerprint density at radius 1 is 0.654 bits per heavy atom. The summed E-state index contributed by atoms with van der Waals surface area (Å²) in [5.74, 6) is -9.33. The number of aliphatic carboxylic acids is 2. The molecule has 4 aromatic rings. The number of carboxylic acid groups (broad SMARTS) is 2. The molecule has 0 fully saturated rings. The fraction of sp³-hybridized carbons (Fsp3) is 0.263. The minimum Gasteiger partial charge on any atom is -0.507 e. The van der Waals surface area contributed by atoms with E-state index in [-0.39, 0.29) is 66.4 Å². The average Bonchev–Trinajstić information content (AvgIpc) is 3.02. The minimum atomic E-state index is -1.81. The van der Waals surface area contributed by atoms with Gasteiger partial charge in [-0.05, 0) is 60.0 Å². The van der Waals surface area contributed by atoms with Crippen LogP contribution in [0.2, 0.25) is 0 Å². The van der Waals surface area contributed by atoms with Gasteiger partial charge in [0.1, 0.15) is 34.5 Å². The lowest BCUT2D eigenvalue weighted by Crippen LogP contribution is -2.41. The van der Waals surface area contributed by atoms with Gasteiger partial charge in [0.2, 0.25) is 0 Å². The number of aromatic hydroxyl groups is 4. The number of aliphatic hydroxyl groups is 2. The van der Waals surface area contributed by atoms with Gasteiger partial charge in [0.05, 0.1) is 71.3 Å². The summed E-state index contributed by atoms with van der Waals surface area (Å²) in [4.78, 5) is 49.8. The number of benzene rings is 4. The highest BCUT2D eigenvalue weighted by Crippen LogP contribution is 2.54. The standard InChI is InChI=1S/C38H34O14/c1-37(49)13-21(39)29-19(31(37)23(51-3)11-25(41)42)9-15-5-7-17(33(45)27(15)35(29)47)18-8-6-16-10-20-30(36(48)28(16)34(18)46)22(40)14-38(2,50)32(20)24(52-4)12-26(43)44/h5-12,31-32,45-50H,13-14H2,1-4H3,(H,41,42)(H,43,44)/t31-,32-,37-,38-/m0/s1. The molecule has 0 spiro atoms. The largest absolute Gasteiger partial charge is 0.507 e. The molecule has 0 saturated heterocycles. The molecule has 14 heteroatoms. The van der Waals surface area contributed by atoms with Crippen LogP contribution in [0.1, 0.15) is 70.4 Å². The Labute approximate surface area is 294 Å². The van der Waals surface area contributed by atoms with Crippen LogP contribution in [0.15, 0.2) is 60.1 Å². The molecule has 0 heterocycles. The number of Topliss-reactive ketones (excluding diaryl/α,β-unsaturated/α-hetero) is 2. The van der Waals surface area contributed by atoms with Crippen molar-refractivity contribution in [2.75, 3.05) is 14.2 Å². The third-order valence-corrected chi connectivity index (χ3v) is 9.89. The van der Waals surface area contributed by atoms with Crippen molar-refractivity contribution in [2.45, 2.75) is 49.7 Å². The summed E-state index contributed by atoms with van der Waals surface area (Å²) in [7, 11) is 2.41. The maximum Gasteiger partial charge on any atom is 0.331 e. The summed E-state index contributed by atoms with van der Waals surface area (Å²) in [6, 6.07) is 8.53. The predicted octanol–water partition coefficient (Wildman–Crippen LogP) is 4.55. The molecule has 270 valence electrons. The van der Waals surface area contributed by atoms with Crippen LogP contribution >= 0.6 is 0 Å². The third kappa shape index (κ3) is 5.43. The summed E-state index contributed by atoms with van der Waals surface area (Å²) >= 11 is 0. The average molecular weight is 715 g/mol. The molecular weight excluding hydrogens is 680 g/mol. The van der Waals surface area contributed by atoms with E-state index in [2.05, 4.69) is 0 Å². The Hall–Kier alpha value is -6.12. The lowest BCUT2D eigenvalue weighted by molar-refractivity contribution is -0.132. The van der Waals surface area contributed by atoms with Crippen molar-refractivity contribution in [1.29, 1.82) is 0 Å². The molecule has 6 rings (SSSR count). The van der Waals surface area contributed by atoms with E-state index in [1.54, 1.807) is 0 Å². The van der Waals surface area contributed by atoms with Gasteiger partial charge in [-0.2, -0.15) is 0 Å². The van der Waals surface area contributed by atoms with E-state index >= 15 is 0 Å². The molecule has 4 atom stereocenters. The Morgan fingerprint density at radius 2 is 1.00 bits per heavy atom. The summed E-state index contributed by atoms with van der Waals surface area (Å²) in [6.45, 7) is 2.67. The summed E-state index contributed by atoms with van der Waals surface area (Å²) in [5.41, 5.74) is -4.13. The molecule has 52 heavy (non-hydrogen) atoms. The highest BCUT2D eigenvalue weighted by Gasteiger charge is 2.48. The SMILES string of the molecule is COC(=CC(=O)O)[C@@H]1c2cc3ccc(-c4ccc5cc6c(c(O)c5c4O)C(=O)C[C@](C)(O)[C@@H]6C(=CC(=O)O)OC)c(O)c3c(O)c2C(=O)C[C@]1(C)O. The van der Waals surface area contributed by atoms with Crippen LogP contribution in [0.5, 0.6) is 23.0 Å². The first-order chi connectivity index (χ1) is 24.3. The van der Waals surface area contributed by atoms with Gasteiger partial charge in [-0.3, -0.25) is 9.59 Å². The van der Waals surface area contributed by atoms with Crippen molar-refractivity contribution in [1.82, 2.24) is 0 Å². The van der Waals surface area contributed by atoms with Crippen LogP contribution in [-0.4, -0.2) is 89.8 Å². The number of fused-ring (bicyclic) bond motifs is 4. The Kier molecular flexibility index (Phi) is 8.43. The van der Waals surface area contributed by atoms with Crippen LogP contribution in [0.3, 0.4) is 0 Å². The van der Waals surface area contributed by atoms with Gasteiger partial charge in [0.25, 0.3) is 0 Å². The highest BCUT2D eigenvalue weighted by atomic mass is 16.5. The predicted molar refractivity (Wildman–Crippen MR) is 184 cm³/mol. The second-order valence-electron chi connectivity index (χ2n) is 13.5. The molecule has 4 aromatic carbocycles. The summed E-state index contributed by atoms with van der Waals surface area (Å²) in [5, 5.41) is 87.5. The molecule has 0 radical (unpaired) electrons. The first-order valence-corrected chi connectivity index (χ1v) is 15.9. The molecule has 2 aliphatic carbocycles. The lowest BCUT2D eigenvalue weighted by atomic mass is 9.70. The maximum absolute atomic E-state index is 13.3.